The van der Waals surface area contributed by atoms with Crippen molar-refractivity contribution in [2.45, 2.75) is 0 Å². The van der Waals surface area contributed by atoms with Crippen molar-refractivity contribution in [3.05, 3.63) is 88.2 Å². The molecule has 2 aromatic carbocycles. The van der Waals surface area contributed by atoms with E-state index >= 15 is 0 Å². The first-order chi connectivity index (χ1) is 15.3. The maximum Gasteiger partial charge on any atom is 0.347 e. The summed E-state index contributed by atoms with van der Waals surface area (Å²) in [5, 5.41) is 13.4. The second-order valence-corrected chi connectivity index (χ2v) is 8.22. The molecule has 0 unspecified atom stereocenters. The summed E-state index contributed by atoms with van der Waals surface area (Å²) in [5.74, 6) is 0.740. The number of fused-ring (bicyclic) bond motifs is 1. The van der Waals surface area contributed by atoms with E-state index in [2.05, 4.69) is 11.9 Å². The van der Waals surface area contributed by atoms with Gasteiger partial charge in [0, 0.05) is 18.8 Å². The van der Waals surface area contributed by atoms with E-state index in [1.807, 2.05) is 12.1 Å². The van der Waals surface area contributed by atoms with Crippen LogP contribution in [0.1, 0.15) is 5.56 Å². The quantitative estimate of drug-likeness (QED) is 0.326. The molecule has 0 aliphatic heterocycles. The van der Waals surface area contributed by atoms with E-state index in [0.717, 1.165) is 0 Å². The second-order valence-electron chi connectivity index (χ2n) is 6.75. The van der Waals surface area contributed by atoms with Crippen LogP contribution in [0.2, 0.25) is 5.02 Å². The number of nitrogens with one attached hydrogen (secondary N) is 1. The number of hydrogen-bond acceptors (Lipinski definition) is 6. The number of thiophene rings is 1. The van der Waals surface area contributed by atoms with Crippen LogP contribution >= 0.6 is 22.9 Å². The SMILES string of the molecule is C=C(O)c1cc2sc(N(C)C(=O)Nc3ccc(Oc4ccccc4Cl)cc3)cc2oc1=O. The van der Waals surface area contributed by atoms with Gasteiger partial charge in [-0.25, -0.2) is 9.59 Å². The minimum atomic E-state index is -0.694. The third-order valence-electron chi connectivity index (χ3n) is 4.53. The van der Waals surface area contributed by atoms with Crippen LogP contribution in [-0.4, -0.2) is 18.2 Å². The lowest BCUT2D eigenvalue weighted by atomic mass is 10.2. The average Bonchev–Trinajstić information content (AvgIpc) is 3.18. The zero-order valence-electron chi connectivity index (χ0n) is 16.8. The standard InChI is InChI=1S/C23H17ClN2O5S/c1-13(27)16-11-20-19(31-22(16)28)12-21(32-20)26(2)23(29)25-14-7-9-15(10-8-14)30-18-6-4-3-5-17(18)24/h3-12,27H,1H2,2H3,(H,25,29). The normalized spacial score (nSPS) is 10.7. The minimum Gasteiger partial charge on any atom is -0.508 e. The number of carbonyl (C=O) groups excluding carboxylic acids is 1. The number of aliphatic hydroxyl groups is 1. The van der Waals surface area contributed by atoms with Gasteiger partial charge in [-0.3, -0.25) is 4.90 Å². The molecule has 162 valence electrons. The number of rotatable bonds is 5. The maximum absolute atomic E-state index is 12.7. The summed E-state index contributed by atoms with van der Waals surface area (Å²) in [6.45, 7) is 3.35. The van der Waals surface area contributed by atoms with Crippen LogP contribution in [0, 0.1) is 0 Å². The van der Waals surface area contributed by atoms with Gasteiger partial charge < -0.3 is 19.6 Å². The molecule has 0 spiro atoms. The number of hydrogen-bond donors (Lipinski definition) is 2. The number of ether oxygens (including phenoxy) is 1. The van der Waals surface area contributed by atoms with Crippen molar-refractivity contribution < 1.29 is 19.1 Å². The zero-order valence-corrected chi connectivity index (χ0v) is 18.4. The number of para-hydroxylation sites is 1. The second kappa shape index (κ2) is 8.78. The number of carbonyl (C=O) groups is 1. The number of nitrogens with zero attached hydrogens (tertiary/aromatic N) is 1. The van der Waals surface area contributed by atoms with Crippen molar-refractivity contribution in [2.24, 2.45) is 0 Å². The fourth-order valence-electron chi connectivity index (χ4n) is 2.84. The molecule has 0 bridgehead atoms. The molecule has 9 heteroatoms. The molecule has 4 rings (SSSR count). The van der Waals surface area contributed by atoms with Gasteiger partial charge in [0.2, 0.25) is 0 Å². The molecule has 0 saturated heterocycles. The van der Waals surface area contributed by atoms with Crippen molar-refractivity contribution in [3.8, 4) is 11.5 Å². The fraction of sp³-hybridized carbons (Fsp3) is 0.0435. The third kappa shape index (κ3) is 4.46. The topological polar surface area (TPSA) is 92.0 Å². The first-order valence-corrected chi connectivity index (χ1v) is 10.5. The summed E-state index contributed by atoms with van der Waals surface area (Å²) >= 11 is 7.34. The Labute approximate surface area is 191 Å². The number of anilines is 2. The molecular weight excluding hydrogens is 452 g/mol. The number of benzene rings is 2. The summed E-state index contributed by atoms with van der Waals surface area (Å²) in [6.07, 6.45) is 0. The molecule has 0 fully saturated rings. The van der Waals surface area contributed by atoms with E-state index in [-0.39, 0.29) is 17.4 Å². The zero-order chi connectivity index (χ0) is 22.8. The predicted molar refractivity (Wildman–Crippen MR) is 127 cm³/mol. The fourth-order valence-corrected chi connectivity index (χ4v) is 4.00. The Hall–Kier alpha value is -3.75. The van der Waals surface area contributed by atoms with E-state index in [4.69, 9.17) is 20.8 Å². The molecular formula is C23H17ClN2O5S. The van der Waals surface area contributed by atoms with E-state index in [0.29, 0.717) is 37.5 Å². The average molecular weight is 469 g/mol. The number of aliphatic hydroxyl groups excluding tert-OH is 1. The molecule has 0 saturated carbocycles. The molecule has 0 radical (unpaired) electrons. The molecule has 2 aromatic heterocycles. The molecule has 2 heterocycles. The van der Waals surface area contributed by atoms with Gasteiger partial charge >= 0.3 is 11.7 Å². The van der Waals surface area contributed by atoms with Crippen LogP contribution in [0.15, 0.2) is 76.5 Å². The lowest BCUT2D eigenvalue weighted by Crippen LogP contribution is -2.30. The van der Waals surface area contributed by atoms with Crippen LogP contribution in [0.5, 0.6) is 11.5 Å². The Morgan fingerprint density at radius 1 is 1.19 bits per heavy atom. The van der Waals surface area contributed by atoms with Gasteiger partial charge in [-0.05, 0) is 42.5 Å². The smallest absolute Gasteiger partial charge is 0.347 e. The van der Waals surface area contributed by atoms with E-state index in [1.54, 1.807) is 49.5 Å². The largest absolute Gasteiger partial charge is 0.508 e. The van der Waals surface area contributed by atoms with Crippen molar-refractivity contribution in [1.82, 2.24) is 0 Å². The lowest BCUT2D eigenvalue weighted by Gasteiger charge is -2.16. The summed E-state index contributed by atoms with van der Waals surface area (Å²) in [4.78, 5) is 26.0. The molecule has 4 aromatic rings. The Balaban J connectivity index is 1.47. The van der Waals surface area contributed by atoms with Crippen molar-refractivity contribution in [2.75, 3.05) is 17.3 Å². The van der Waals surface area contributed by atoms with Gasteiger partial charge in [0.05, 0.1) is 9.72 Å². The Kier molecular flexibility index (Phi) is 5.89. The highest BCUT2D eigenvalue weighted by atomic mass is 35.5. The molecule has 2 amide bonds. The van der Waals surface area contributed by atoms with E-state index in [9.17, 15) is 14.7 Å². The first-order valence-electron chi connectivity index (χ1n) is 9.35. The predicted octanol–water partition coefficient (Wildman–Crippen LogP) is 6.50. The molecule has 0 aliphatic rings. The number of halogens is 1. The highest BCUT2D eigenvalue weighted by molar-refractivity contribution is 7.22. The maximum atomic E-state index is 12.7. The van der Waals surface area contributed by atoms with Crippen LogP contribution in [0.25, 0.3) is 16.0 Å². The summed E-state index contributed by atoms with van der Waals surface area (Å²) < 4.78 is 11.6. The molecule has 7 nitrogen and oxygen atoms in total. The Morgan fingerprint density at radius 2 is 1.91 bits per heavy atom. The van der Waals surface area contributed by atoms with Gasteiger partial charge in [0.25, 0.3) is 0 Å². The minimum absolute atomic E-state index is 0.0166. The summed E-state index contributed by atoms with van der Waals surface area (Å²) in [5.41, 5.74) is 0.179. The highest BCUT2D eigenvalue weighted by Crippen LogP contribution is 2.33. The van der Waals surface area contributed by atoms with Crippen molar-refractivity contribution in [1.29, 1.82) is 0 Å². The number of amides is 2. The van der Waals surface area contributed by atoms with Crippen molar-refractivity contribution >= 4 is 55.7 Å². The lowest BCUT2D eigenvalue weighted by molar-refractivity contribution is 0.258. The third-order valence-corrected chi connectivity index (χ3v) is 5.98. The highest BCUT2D eigenvalue weighted by Gasteiger charge is 2.17. The van der Waals surface area contributed by atoms with Gasteiger partial charge in [-0.15, -0.1) is 11.3 Å². The van der Waals surface area contributed by atoms with Crippen LogP contribution in [0.3, 0.4) is 0 Å². The van der Waals surface area contributed by atoms with Gasteiger partial charge in [-0.2, -0.15) is 0 Å². The van der Waals surface area contributed by atoms with Gasteiger partial charge in [0.15, 0.2) is 5.58 Å². The summed E-state index contributed by atoms with van der Waals surface area (Å²) in [7, 11) is 1.60. The van der Waals surface area contributed by atoms with Crippen LogP contribution < -0.4 is 20.6 Å². The molecule has 0 atom stereocenters. The Bertz CT molecular complexity index is 1380. The summed E-state index contributed by atoms with van der Waals surface area (Å²) in [6, 6.07) is 16.7. The van der Waals surface area contributed by atoms with Crippen LogP contribution in [0.4, 0.5) is 15.5 Å². The van der Waals surface area contributed by atoms with E-state index in [1.165, 1.54) is 22.3 Å². The van der Waals surface area contributed by atoms with Gasteiger partial charge in [0.1, 0.15) is 27.8 Å². The monoisotopic (exact) mass is 468 g/mol. The molecule has 32 heavy (non-hydrogen) atoms. The molecule has 0 aliphatic carbocycles. The Morgan fingerprint density at radius 3 is 2.59 bits per heavy atom. The first kappa shape index (κ1) is 21.5. The van der Waals surface area contributed by atoms with Crippen molar-refractivity contribution in [3.63, 3.8) is 0 Å². The van der Waals surface area contributed by atoms with E-state index < -0.39 is 5.63 Å². The van der Waals surface area contributed by atoms with Gasteiger partial charge in [-0.1, -0.05) is 30.3 Å². The molecule has 2 N–H and O–H groups in total. The van der Waals surface area contributed by atoms with Crippen LogP contribution in [-0.2, 0) is 0 Å². The number of urea groups is 1.